The van der Waals surface area contributed by atoms with E-state index < -0.39 is 0 Å². The van der Waals surface area contributed by atoms with Crippen LogP contribution in [0.25, 0.3) is 43.1 Å². The maximum Gasteiger partial charge on any atom is -0.0430 e. The van der Waals surface area contributed by atoms with E-state index in [-0.39, 0.29) is 24.8 Å². The molecule has 0 saturated heterocycles. The van der Waals surface area contributed by atoms with Gasteiger partial charge in [-0.05, 0) is 47.3 Å². The third-order valence-electron chi connectivity index (χ3n) is 26.5. The summed E-state index contributed by atoms with van der Waals surface area (Å²) < 4.78 is 3.61. The SMILES string of the molecule is [Cl-].[Cl-].[Zr+2]=[C]1CCCCC1.[Zr+2]=[C]1CCCCC1.c1ccc2c(C(C3CCCC3)C3CCCC3)c[cH-]c2c1.c1ccc2c(C(C3CCCC3)C3CCCC3)c[cH-]c2c1.c1ccc2c(C(C3CCCC3)C3CCCC3)c[cH-]c2c1.c1ccc2c(C(C3CCCC3)C3CCCC3)c[cH-]c2c1. The Kier molecular flexibility index (Phi) is 30.0. The number of hydrogen-bond acceptors (Lipinski definition) is 0. The Morgan fingerprint density at radius 2 is 0.396 bits per heavy atom. The van der Waals surface area contributed by atoms with E-state index in [9.17, 15) is 0 Å². The van der Waals surface area contributed by atoms with Gasteiger partial charge in [-0.25, -0.2) is 0 Å². The van der Waals surface area contributed by atoms with Crippen molar-refractivity contribution >= 4 is 49.5 Å². The van der Waals surface area contributed by atoms with E-state index in [1.165, 1.54) is 313 Å². The van der Waals surface area contributed by atoms with Gasteiger partial charge in [0.1, 0.15) is 0 Å². The molecule has 0 heterocycles. The Morgan fingerprint density at radius 1 is 0.229 bits per heavy atom. The first kappa shape index (κ1) is 74.6. The van der Waals surface area contributed by atoms with E-state index in [4.69, 9.17) is 0 Å². The number of fused-ring (bicyclic) bond motifs is 4. The van der Waals surface area contributed by atoms with E-state index in [2.05, 4.69) is 146 Å². The fourth-order valence-corrected chi connectivity index (χ4v) is 23.7. The summed E-state index contributed by atoms with van der Waals surface area (Å²) in [6.07, 6.45) is 61.6. The fourth-order valence-electron chi connectivity index (χ4n) is 21.9. The monoisotopic (exact) mass is 1470 g/mol. The summed E-state index contributed by atoms with van der Waals surface area (Å²) in [5.74, 6) is 11.1. The normalized spacial score (nSPS) is 21.2. The molecule has 10 aliphatic carbocycles. The molecule has 512 valence electrons. The van der Waals surface area contributed by atoms with Gasteiger partial charge in [0.05, 0.1) is 0 Å². The average Bonchev–Trinajstić information content (AvgIpc) is 1.65. The molecule has 0 unspecified atom stereocenters. The molecule has 0 aromatic heterocycles. The van der Waals surface area contributed by atoms with Gasteiger partial charge in [0.15, 0.2) is 0 Å². The van der Waals surface area contributed by atoms with Crippen LogP contribution in [-0.2, 0) is 48.5 Å². The minimum atomic E-state index is 0. The van der Waals surface area contributed by atoms with E-state index >= 15 is 0 Å². The number of rotatable bonds is 12. The van der Waals surface area contributed by atoms with Crippen LogP contribution in [0.4, 0.5) is 0 Å². The second-order valence-electron chi connectivity index (χ2n) is 32.3. The van der Waals surface area contributed by atoms with Crippen molar-refractivity contribution in [3.8, 4) is 0 Å². The predicted molar refractivity (Wildman–Crippen MR) is 401 cm³/mol. The molecule has 4 heteroatoms. The molecule has 0 bridgehead atoms. The van der Waals surface area contributed by atoms with Gasteiger partial charge in [-0.15, -0.1) is 187 Å². The summed E-state index contributed by atoms with van der Waals surface area (Å²) >= 11 is 3.38. The van der Waals surface area contributed by atoms with Crippen LogP contribution in [0.15, 0.2) is 146 Å². The summed E-state index contributed by atoms with van der Waals surface area (Å²) in [5.41, 5.74) is 6.72. The van der Waals surface area contributed by atoms with Crippen LogP contribution in [0.5, 0.6) is 0 Å². The molecular formula is C92H120Cl2Zr2-2. The molecule has 0 radical (unpaired) electrons. The maximum atomic E-state index is 2.45. The summed E-state index contributed by atoms with van der Waals surface area (Å²) in [4.78, 5) is 0. The van der Waals surface area contributed by atoms with Crippen LogP contribution in [0.3, 0.4) is 0 Å². The van der Waals surface area contributed by atoms with Gasteiger partial charge in [-0.2, -0.15) is 0 Å². The smallest absolute Gasteiger partial charge is 0.0430 e. The van der Waals surface area contributed by atoms with Crippen molar-refractivity contribution in [3.05, 3.63) is 168 Å². The van der Waals surface area contributed by atoms with Crippen LogP contribution < -0.4 is 24.8 Å². The fraction of sp³-hybridized carbons (Fsp3) is 0.587. The topological polar surface area (TPSA) is 0 Å². The molecule has 8 aromatic rings. The summed E-state index contributed by atoms with van der Waals surface area (Å²) in [5, 5.41) is 11.9. The van der Waals surface area contributed by atoms with Gasteiger partial charge < -0.3 is 24.8 Å². The zero-order valence-electron chi connectivity index (χ0n) is 59.2. The molecule has 0 atom stereocenters. The Labute approximate surface area is 625 Å². The van der Waals surface area contributed by atoms with Crippen LogP contribution in [0.1, 0.15) is 316 Å². The third kappa shape index (κ3) is 19.2. The minimum Gasteiger partial charge on any atom is -0.150 e. The first-order chi connectivity index (χ1) is 46.5. The quantitative estimate of drug-likeness (QED) is 0.107. The van der Waals surface area contributed by atoms with Gasteiger partial charge in [0.25, 0.3) is 0 Å². The zero-order valence-corrected chi connectivity index (χ0v) is 65.7. The second-order valence-corrected chi connectivity index (χ2v) is 35.8. The van der Waals surface area contributed by atoms with Crippen LogP contribution in [0.2, 0.25) is 0 Å². The molecule has 0 amide bonds. The van der Waals surface area contributed by atoms with Gasteiger partial charge >= 0.3 is 119 Å². The first-order valence-electron chi connectivity index (χ1n) is 40.2. The molecule has 0 nitrogen and oxygen atoms in total. The molecule has 0 spiro atoms. The van der Waals surface area contributed by atoms with E-state index in [0.29, 0.717) is 0 Å². The van der Waals surface area contributed by atoms with E-state index in [1.807, 2.05) is 0 Å². The first-order valence-corrected chi connectivity index (χ1v) is 42.7. The number of halogens is 2. The Hall–Kier alpha value is -2.59. The van der Waals surface area contributed by atoms with Gasteiger partial charge in [0.2, 0.25) is 0 Å². The third-order valence-corrected chi connectivity index (χ3v) is 28.9. The Morgan fingerprint density at radius 3 is 0.552 bits per heavy atom. The predicted octanol–water partition coefficient (Wildman–Crippen LogP) is 21.4. The van der Waals surface area contributed by atoms with Crippen LogP contribution >= 0.6 is 0 Å². The Balaban J connectivity index is 0.000000121. The molecule has 0 N–H and O–H groups in total. The summed E-state index contributed by atoms with van der Waals surface area (Å²) in [6.45, 7) is 0. The van der Waals surface area contributed by atoms with E-state index in [0.717, 1.165) is 71.0 Å². The van der Waals surface area contributed by atoms with Crippen molar-refractivity contribution in [1.29, 1.82) is 0 Å². The molecule has 10 saturated carbocycles. The van der Waals surface area contributed by atoms with Crippen LogP contribution in [-0.4, -0.2) is 6.41 Å². The molecule has 0 aliphatic heterocycles. The van der Waals surface area contributed by atoms with Gasteiger partial charge in [0, 0.05) is 0 Å². The minimum absolute atomic E-state index is 0. The second kappa shape index (κ2) is 38.6. The molecule has 10 fully saturated rings. The van der Waals surface area contributed by atoms with Gasteiger partial charge in [-0.3, -0.25) is 0 Å². The summed E-state index contributed by atoms with van der Waals surface area (Å²) in [7, 11) is 0. The molecular weight excluding hydrogens is 1360 g/mol. The zero-order chi connectivity index (χ0) is 63.7. The maximum absolute atomic E-state index is 2.45. The van der Waals surface area contributed by atoms with E-state index in [1.54, 1.807) is 77.1 Å². The van der Waals surface area contributed by atoms with Crippen molar-refractivity contribution in [1.82, 2.24) is 0 Å². The molecule has 10 aliphatic rings. The Bertz CT molecular complexity index is 3010. The van der Waals surface area contributed by atoms with Crippen molar-refractivity contribution in [2.45, 2.75) is 293 Å². The molecule has 96 heavy (non-hydrogen) atoms. The largest absolute Gasteiger partial charge is 0.150 e. The van der Waals surface area contributed by atoms with Crippen LogP contribution in [0, 0.1) is 47.3 Å². The van der Waals surface area contributed by atoms with Crippen molar-refractivity contribution in [3.63, 3.8) is 0 Å². The van der Waals surface area contributed by atoms with Gasteiger partial charge in [-0.1, -0.05) is 253 Å². The average molecular weight is 1480 g/mol. The summed E-state index contributed by atoms with van der Waals surface area (Å²) in [6, 6.07) is 55.2. The van der Waals surface area contributed by atoms with Crippen molar-refractivity contribution < 1.29 is 73.3 Å². The number of benzene rings is 4. The van der Waals surface area contributed by atoms with Crippen molar-refractivity contribution in [2.75, 3.05) is 0 Å². The number of hydrogen-bond donors (Lipinski definition) is 0. The molecule has 8 aromatic carbocycles. The molecule has 18 rings (SSSR count). The standard InChI is InChI=1S/4C20H25.2C6H10.2ClH.2Zr/c4*1-2-9-16(8-1)20(17-10-3-4-11-17)19-14-13-15-7-5-6-12-18(15)19;2*1-2-4-6-5-3-1;;;;/h4*5-7,12-14,16-17,20H,1-4,8-11H2;2*1-5H2;2*1H;;/q4*-1;;;;;2*+2/p-2. The van der Waals surface area contributed by atoms with Crippen molar-refractivity contribution in [2.24, 2.45) is 47.3 Å².